The molecule has 0 N–H and O–H groups in total. The van der Waals surface area contributed by atoms with Crippen molar-refractivity contribution in [2.45, 2.75) is 6.92 Å². The predicted octanol–water partition coefficient (Wildman–Crippen LogP) is 1.60. The fourth-order valence-corrected chi connectivity index (χ4v) is 1.25. The van der Waals surface area contributed by atoms with Crippen LogP contribution < -0.4 is 9.47 Å². The first kappa shape index (κ1) is 6.99. The van der Waals surface area contributed by atoms with Gasteiger partial charge >= 0.3 is 0 Å². The third-order valence-corrected chi connectivity index (χ3v) is 1.79. The van der Waals surface area contributed by atoms with Gasteiger partial charge in [-0.1, -0.05) is 0 Å². The fourth-order valence-electron chi connectivity index (χ4n) is 1.25. The molecule has 0 atom stereocenters. The first-order chi connectivity index (χ1) is 5.81. The number of nitrogens with zero attached hydrogens (tertiary/aromatic N) is 1. The van der Waals surface area contributed by atoms with Crippen molar-refractivity contribution in [1.82, 2.24) is 0 Å². The molecule has 0 amide bonds. The van der Waals surface area contributed by atoms with E-state index in [2.05, 4.69) is 6.07 Å². The van der Waals surface area contributed by atoms with Gasteiger partial charge in [0.25, 0.3) is 0 Å². The van der Waals surface area contributed by atoms with Crippen LogP contribution in [0.25, 0.3) is 0 Å². The Labute approximate surface area is 70.1 Å². The Morgan fingerprint density at radius 1 is 1.42 bits per heavy atom. The van der Waals surface area contributed by atoms with Crippen LogP contribution in [0, 0.1) is 18.3 Å². The summed E-state index contributed by atoms with van der Waals surface area (Å²) in [5.41, 5.74) is 1.55. The lowest BCUT2D eigenvalue weighted by Gasteiger charge is -1.99. The highest BCUT2D eigenvalue weighted by Gasteiger charge is 2.16. The summed E-state index contributed by atoms with van der Waals surface area (Å²) in [6.07, 6.45) is 0. The Kier molecular flexibility index (Phi) is 1.41. The molecule has 0 spiro atoms. The van der Waals surface area contributed by atoms with Gasteiger partial charge in [0.2, 0.25) is 6.79 Å². The highest BCUT2D eigenvalue weighted by molar-refractivity contribution is 5.53. The second kappa shape index (κ2) is 2.42. The lowest BCUT2D eigenvalue weighted by molar-refractivity contribution is 0.173. The Morgan fingerprint density at radius 3 is 3.00 bits per heavy atom. The summed E-state index contributed by atoms with van der Waals surface area (Å²) in [6.45, 7) is 2.15. The summed E-state index contributed by atoms with van der Waals surface area (Å²) in [5.74, 6) is 1.43. The van der Waals surface area contributed by atoms with Crippen LogP contribution in [0.1, 0.15) is 11.1 Å². The van der Waals surface area contributed by atoms with Crippen molar-refractivity contribution in [3.05, 3.63) is 23.3 Å². The zero-order valence-electron chi connectivity index (χ0n) is 6.63. The molecule has 0 saturated heterocycles. The number of hydrogen-bond donors (Lipinski definition) is 0. The Balaban J connectivity index is 2.60. The van der Waals surface area contributed by atoms with Gasteiger partial charge in [-0.3, -0.25) is 0 Å². The van der Waals surface area contributed by atoms with E-state index in [0.717, 1.165) is 11.3 Å². The van der Waals surface area contributed by atoms with Crippen molar-refractivity contribution in [1.29, 1.82) is 5.26 Å². The maximum absolute atomic E-state index is 8.65. The third kappa shape index (κ3) is 0.892. The smallest absolute Gasteiger partial charge is 0.231 e. The van der Waals surface area contributed by atoms with Gasteiger partial charge in [-0.15, -0.1) is 0 Å². The van der Waals surface area contributed by atoms with Crippen LogP contribution in [0.5, 0.6) is 11.5 Å². The minimum Gasteiger partial charge on any atom is -0.454 e. The lowest BCUT2D eigenvalue weighted by atomic mass is 10.1. The molecule has 0 unspecified atom stereocenters. The topological polar surface area (TPSA) is 42.2 Å². The van der Waals surface area contributed by atoms with Gasteiger partial charge in [-0.2, -0.15) is 5.26 Å². The molecule has 0 bridgehead atoms. The molecule has 3 heteroatoms. The molecule has 0 radical (unpaired) electrons. The Bertz CT molecular complexity index is 366. The van der Waals surface area contributed by atoms with Crippen molar-refractivity contribution in [2.75, 3.05) is 6.79 Å². The number of nitriles is 1. The summed E-state index contributed by atoms with van der Waals surface area (Å²) in [6, 6.07) is 5.54. The van der Waals surface area contributed by atoms with Crippen molar-refractivity contribution in [3.8, 4) is 17.6 Å². The zero-order chi connectivity index (χ0) is 8.55. The summed E-state index contributed by atoms with van der Waals surface area (Å²) in [7, 11) is 0. The summed E-state index contributed by atoms with van der Waals surface area (Å²) in [5, 5.41) is 8.65. The highest BCUT2D eigenvalue weighted by atomic mass is 16.7. The first-order valence-electron chi connectivity index (χ1n) is 3.61. The normalized spacial score (nSPS) is 12.7. The molecular formula is C9H7NO2. The SMILES string of the molecule is Cc1cc(C#N)cc2c1OCO2. The number of hydrogen-bond acceptors (Lipinski definition) is 3. The molecule has 0 aliphatic carbocycles. The Morgan fingerprint density at radius 2 is 2.25 bits per heavy atom. The van der Waals surface area contributed by atoms with E-state index in [0.29, 0.717) is 11.3 Å². The number of benzene rings is 1. The molecule has 1 aliphatic rings. The Hall–Kier alpha value is -1.69. The van der Waals surface area contributed by atoms with Crippen LogP contribution in [0.2, 0.25) is 0 Å². The number of aryl methyl sites for hydroxylation is 1. The molecule has 2 rings (SSSR count). The van der Waals surface area contributed by atoms with E-state index in [-0.39, 0.29) is 6.79 Å². The van der Waals surface area contributed by atoms with Gasteiger partial charge < -0.3 is 9.47 Å². The molecule has 1 aromatic rings. The van der Waals surface area contributed by atoms with Crippen molar-refractivity contribution < 1.29 is 9.47 Å². The maximum Gasteiger partial charge on any atom is 0.231 e. The van der Waals surface area contributed by atoms with Crippen LogP contribution in [-0.2, 0) is 0 Å². The average molecular weight is 161 g/mol. The number of ether oxygens (including phenoxy) is 2. The fraction of sp³-hybridized carbons (Fsp3) is 0.222. The van der Waals surface area contributed by atoms with Crippen LogP contribution >= 0.6 is 0 Å². The molecule has 0 fully saturated rings. The zero-order valence-corrected chi connectivity index (χ0v) is 6.63. The van der Waals surface area contributed by atoms with E-state index < -0.39 is 0 Å². The number of fused-ring (bicyclic) bond motifs is 1. The summed E-state index contributed by atoms with van der Waals surface area (Å²) in [4.78, 5) is 0. The van der Waals surface area contributed by atoms with Gasteiger partial charge in [0.1, 0.15) is 0 Å². The molecule has 0 aromatic heterocycles. The molecular weight excluding hydrogens is 154 g/mol. The molecule has 12 heavy (non-hydrogen) atoms. The third-order valence-electron chi connectivity index (χ3n) is 1.79. The molecule has 1 heterocycles. The largest absolute Gasteiger partial charge is 0.454 e. The van der Waals surface area contributed by atoms with Gasteiger partial charge in [0.05, 0.1) is 11.6 Å². The molecule has 60 valence electrons. The van der Waals surface area contributed by atoms with E-state index >= 15 is 0 Å². The average Bonchev–Trinajstić information content (AvgIpc) is 2.52. The van der Waals surface area contributed by atoms with E-state index in [1.54, 1.807) is 12.1 Å². The first-order valence-corrected chi connectivity index (χ1v) is 3.61. The van der Waals surface area contributed by atoms with Gasteiger partial charge in [0.15, 0.2) is 11.5 Å². The van der Waals surface area contributed by atoms with E-state index in [9.17, 15) is 0 Å². The monoisotopic (exact) mass is 161 g/mol. The lowest BCUT2D eigenvalue weighted by Crippen LogP contribution is -1.93. The highest BCUT2D eigenvalue weighted by Crippen LogP contribution is 2.35. The second-order valence-electron chi connectivity index (χ2n) is 2.64. The van der Waals surface area contributed by atoms with Crippen molar-refractivity contribution in [3.63, 3.8) is 0 Å². The minimum atomic E-state index is 0.255. The van der Waals surface area contributed by atoms with Crippen LogP contribution in [-0.4, -0.2) is 6.79 Å². The standard InChI is InChI=1S/C9H7NO2/c1-6-2-7(4-10)3-8-9(6)12-5-11-8/h2-3H,5H2,1H3. The second-order valence-corrected chi connectivity index (χ2v) is 2.64. The van der Waals surface area contributed by atoms with E-state index in [1.807, 2.05) is 6.92 Å². The summed E-state index contributed by atoms with van der Waals surface area (Å²) < 4.78 is 10.3. The number of rotatable bonds is 0. The molecule has 1 aromatic carbocycles. The van der Waals surface area contributed by atoms with Crippen molar-refractivity contribution >= 4 is 0 Å². The van der Waals surface area contributed by atoms with Crippen LogP contribution in [0.4, 0.5) is 0 Å². The van der Waals surface area contributed by atoms with Gasteiger partial charge in [-0.25, -0.2) is 0 Å². The van der Waals surface area contributed by atoms with Gasteiger partial charge in [-0.05, 0) is 18.6 Å². The van der Waals surface area contributed by atoms with E-state index in [1.165, 1.54) is 0 Å². The summed E-state index contributed by atoms with van der Waals surface area (Å²) >= 11 is 0. The predicted molar refractivity (Wildman–Crippen MR) is 42.0 cm³/mol. The van der Waals surface area contributed by atoms with Gasteiger partial charge in [0, 0.05) is 6.07 Å². The van der Waals surface area contributed by atoms with E-state index in [4.69, 9.17) is 14.7 Å². The molecule has 0 saturated carbocycles. The van der Waals surface area contributed by atoms with Crippen molar-refractivity contribution in [2.24, 2.45) is 0 Å². The molecule has 1 aliphatic heterocycles. The maximum atomic E-state index is 8.65. The molecule has 3 nitrogen and oxygen atoms in total. The minimum absolute atomic E-state index is 0.255. The quantitative estimate of drug-likeness (QED) is 0.580. The van der Waals surface area contributed by atoms with Crippen LogP contribution in [0.15, 0.2) is 12.1 Å². The van der Waals surface area contributed by atoms with Crippen LogP contribution in [0.3, 0.4) is 0 Å².